The van der Waals surface area contributed by atoms with Gasteiger partial charge < -0.3 is 15.1 Å². The Morgan fingerprint density at radius 3 is 2.85 bits per heavy atom. The van der Waals surface area contributed by atoms with Gasteiger partial charge in [-0.25, -0.2) is 9.97 Å². The lowest BCUT2D eigenvalue weighted by Gasteiger charge is -2.39. The molecule has 0 bridgehead atoms. The number of rotatable bonds is 6. The van der Waals surface area contributed by atoms with E-state index in [0.717, 1.165) is 67.5 Å². The third kappa shape index (κ3) is 3.14. The molecule has 2 aliphatic rings. The molecule has 1 fully saturated rings. The van der Waals surface area contributed by atoms with E-state index < -0.39 is 0 Å². The maximum Gasteiger partial charge on any atom is 0.225 e. The van der Waals surface area contributed by atoms with Crippen molar-refractivity contribution in [2.24, 2.45) is 0 Å². The first-order valence-electron chi connectivity index (χ1n) is 9.71. The molecule has 4 rings (SSSR count). The van der Waals surface area contributed by atoms with Gasteiger partial charge in [-0.15, -0.1) is 11.3 Å². The van der Waals surface area contributed by atoms with Crippen molar-refractivity contribution in [3.8, 4) is 5.88 Å². The van der Waals surface area contributed by atoms with E-state index >= 15 is 0 Å². The zero-order valence-corrected chi connectivity index (χ0v) is 16.1. The van der Waals surface area contributed by atoms with Gasteiger partial charge in [0.25, 0.3) is 0 Å². The summed E-state index contributed by atoms with van der Waals surface area (Å²) < 4.78 is 6.39. The third-order valence-electron chi connectivity index (χ3n) is 6.32. The molecular weight excluding hydrogens is 345 g/mol. The summed E-state index contributed by atoms with van der Waals surface area (Å²) in [5.41, 5.74) is 1.38. The van der Waals surface area contributed by atoms with Gasteiger partial charge in [0.15, 0.2) is 7.98 Å². The molecule has 7 heteroatoms. The van der Waals surface area contributed by atoms with Crippen molar-refractivity contribution in [3.63, 3.8) is 0 Å². The van der Waals surface area contributed by atoms with Gasteiger partial charge in [0, 0.05) is 17.0 Å². The smallest absolute Gasteiger partial charge is 0.225 e. The van der Waals surface area contributed by atoms with Crippen LogP contribution in [0.5, 0.6) is 5.88 Å². The summed E-state index contributed by atoms with van der Waals surface area (Å²) in [6, 6.07) is 0. The van der Waals surface area contributed by atoms with Crippen LogP contribution in [0.2, 0.25) is 0 Å². The summed E-state index contributed by atoms with van der Waals surface area (Å²) in [4.78, 5) is 11.4. The summed E-state index contributed by atoms with van der Waals surface area (Å²) in [6.45, 7) is 2.41. The van der Waals surface area contributed by atoms with E-state index in [4.69, 9.17) is 12.7 Å². The molecule has 5 nitrogen and oxygen atoms in total. The van der Waals surface area contributed by atoms with Crippen LogP contribution in [0, 0.1) is 0 Å². The summed E-state index contributed by atoms with van der Waals surface area (Å²) in [5.74, 6) is 1.13. The molecule has 1 saturated carbocycles. The highest BCUT2D eigenvalue weighted by molar-refractivity contribution is 7.19. The molecule has 2 aliphatic carbocycles. The molecule has 2 radical (unpaired) electrons. The average molecular weight is 371 g/mol. The molecule has 2 aromatic rings. The Morgan fingerprint density at radius 2 is 2.15 bits per heavy atom. The topological polar surface area (TPSA) is 67.3 Å². The molecule has 2 aromatic heterocycles. The maximum atomic E-state index is 9.41. The van der Waals surface area contributed by atoms with E-state index in [2.05, 4.69) is 22.1 Å². The zero-order chi connectivity index (χ0) is 18.1. The standard InChI is InChI=1S/C19H26BN3O2S/c1-2-19(23-20)8-5-13(6-9-19)25-17-16-15-12(7-10-24)3-4-14(15)26-18(16)22-11-21-17/h11-13,23-24H,2-10H2,1H3/t12-,13?,19?/m1/s1. The van der Waals surface area contributed by atoms with Crippen LogP contribution in [0.1, 0.15) is 68.2 Å². The Hall–Kier alpha value is -1.18. The maximum absolute atomic E-state index is 9.41. The number of aliphatic hydroxyl groups is 1. The van der Waals surface area contributed by atoms with E-state index in [9.17, 15) is 5.11 Å². The second-order valence-electron chi connectivity index (χ2n) is 7.64. The Kier molecular flexibility index (Phi) is 5.21. The number of aryl methyl sites for hydroxylation is 1. The van der Waals surface area contributed by atoms with Crippen LogP contribution in [0.4, 0.5) is 0 Å². The number of nitrogens with zero attached hydrogens (tertiary/aromatic N) is 2. The molecule has 26 heavy (non-hydrogen) atoms. The normalized spacial score (nSPS) is 28.4. The molecule has 2 N–H and O–H groups in total. The van der Waals surface area contributed by atoms with Crippen LogP contribution in [-0.4, -0.2) is 41.3 Å². The molecule has 0 aromatic carbocycles. The lowest BCUT2D eigenvalue weighted by molar-refractivity contribution is 0.107. The Bertz CT molecular complexity index is 767. The minimum Gasteiger partial charge on any atom is -0.474 e. The first-order chi connectivity index (χ1) is 12.7. The van der Waals surface area contributed by atoms with Crippen molar-refractivity contribution in [1.82, 2.24) is 15.2 Å². The monoisotopic (exact) mass is 371 g/mol. The van der Waals surface area contributed by atoms with Crippen LogP contribution in [0.15, 0.2) is 6.33 Å². The Balaban J connectivity index is 1.58. The Morgan fingerprint density at radius 1 is 1.35 bits per heavy atom. The minimum absolute atomic E-state index is 0.0523. The third-order valence-corrected chi connectivity index (χ3v) is 7.50. The van der Waals surface area contributed by atoms with Crippen LogP contribution in [0.25, 0.3) is 10.2 Å². The fourth-order valence-corrected chi connectivity index (χ4v) is 5.82. The lowest BCUT2D eigenvalue weighted by atomic mass is 9.77. The van der Waals surface area contributed by atoms with Gasteiger partial charge in [-0.2, -0.15) is 0 Å². The van der Waals surface area contributed by atoms with Crippen molar-refractivity contribution < 1.29 is 9.84 Å². The van der Waals surface area contributed by atoms with Gasteiger partial charge in [-0.05, 0) is 62.8 Å². The highest BCUT2D eigenvalue weighted by atomic mass is 32.1. The van der Waals surface area contributed by atoms with E-state index in [1.807, 2.05) is 0 Å². The number of nitrogens with one attached hydrogen (secondary N) is 1. The van der Waals surface area contributed by atoms with Crippen molar-refractivity contribution >= 4 is 29.5 Å². The first kappa shape index (κ1) is 18.2. The average Bonchev–Trinajstić information content (AvgIpc) is 3.23. The molecule has 0 spiro atoms. The van der Waals surface area contributed by atoms with Crippen LogP contribution >= 0.6 is 11.3 Å². The Labute approximate surface area is 160 Å². The van der Waals surface area contributed by atoms with E-state index in [1.165, 1.54) is 10.4 Å². The first-order valence-corrected chi connectivity index (χ1v) is 10.5. The van der Waals surface area contributed by atoms with Crippen LogP contribution in [0.3, 0.4) is 0 Å². The van der Waals surface area contributed by atoms with E-state index in [-0.39, 0.29) is 18.2 Å². The van der Waals surface area contributed by atoms with Gasteiger partial charge in [0.2, 0.25) is 5.88 Å². The number of thiophene rings is 1. The molecule has 2 heterocycles. The van der Waals surface area contributed by atoms with Gasteiger partial charge in [-0.1, -0.05) is 6.92 Å². The van der Waals surface area contributed by atoms with Crippen molar-refractivity contribution in [2.45, 2.75) is 75.9 Å². The van der Waals surface area contributed by atoms with Crippen LogP contribution < -0.4 is 9.96 Å². The fourth-order valence-electron chi connectivity index (χ4n) is 4.59. The molecule has 0 amide bonds. The summed E-state index contributed by atoms with van der Waals surface area (Å²) in [5, 5.41) is 13.5. The molecule has 1 atom stereocenters. The van der Waals surface area contributed by atoms with Gasteiger partial charge in [0.05, 0.1) is 5.39 Å². The van der Waals surface area contributed by atoms with Gasteiger partial charge >= 0.3 is 0 Å². The van der Waals surface area contributed by atoms with Crippen molar-refractivity contribution in [2.75, 3.05) is 6.61 Å². The number of fused-ring (bicyclic) bond motifs is 3. The number of ether oxygens (including phenoxy) is 1. The molecule has 138 valence electrons. The number of aliphatic hydroxyl groups excluding tert-OH is 1. The van der Waals surface area contributed by atoms with Gasteiger partial charge in [-0.3, -0.25) is 0 Å². The summed E-state index contributed by atoms with van der Waals surface area (Å²) >= 11 is 1.76. The number of hydrogen-bond donors (Lipinski definition) is 2. The van der Waals surface area contributed by atoms with Crippen molar-refractivity contribution in [3.05, 3.63) is 16.8 Å². The minimum atomic E-state index is 0.0523. The highest BCUT2D eigenvalue weighted by Crippen LogP contribution is 2.47. The van der Waals surface area contributed by atoms with E-state index in [0.29, 0.717) is 5.92 Å². The quantitative estimate of drug-likeness (QED) is 0.763. The van der Waals surface area contributed by atoms with Crippen LogP contribution in [-0.2, 0) is 6.42 Å². The zero-order valence-electron chi connectivity index (χ0n) is 15.3. The second-order valence-corrected chi connectivity index (χ2v) is 8.72. The molecule has 0 aliphatic heterocycles. The summed E-state index contributed by atoms with van der Waals surface area (Å²) in [6.07, 6.45) is 9.82. The largest absolute Gasteiger partial charge is 0.474 e. The van der Waals surface area contributed by atoms with Gasteiger partial charge in [0.1, 0.15) is 17.3 Å². The molecule has 0 saturated heterocycles. The molecular formula is C19H26BN3O2S. The number of hydrogen-bond acceptors (Lipinski definition) is 6. The SMILES string of the molecule is [B]NC1(CC)CCC(Oc2ncnc3sc4c(c23)[C@@H](CCO)CC4)CC1. The number of aromatic nitrogens is 2. The van der Waals surface area contributed by atoms with Crippen molar-refractivity contribution in [1.29, 1.82) is 0 Å². The van der Waals surface area contributed by atoms with E-state index in [1.54, 1.807) is 17.7 Å². The lowest BCUT2D eigenvalue weighted by Crippen LogP contribution is -2.47. The highest BCUT2D eigenvalue weighted by Gasteiger charge is 2.34. The predicted molar refractivity (Wildman–Crippen MR) is 105 cm³/mol. The second kappa shape index (κ2) is 7.45. The summed E-state index contributed by atoms with van der Waals surface area (Å²) in [7, 11) is 5.78. The fraction of sp³-hybridized carbons (Fsp3) is 0.684. The predicted octanol–water partition coefficient (Wildman–Crippen LogP) is 3.25. The molecule has 0 unspecified atom stereocenters.